The first-order valence-electron chi connectivity index (χ1n) is 5.03. The van der Waals surface area contributed by atoms with Gasteiger partial charge in [0.05, 0.1) is 0 Å². The van der Waals surface area contributed by atoms with Crippen molar-refractivity contribution in [3.63, 3.8) is 0 Å². The van der Waals surface area contributed by atoms with E-state index >= 15 is 0 Å². The third-order valence-electron chi connectivity index (χ3n) is 3.33. The van der Waals surface area contributed by atoms with Gasteiger partial charge in [0.1, 0.15) is 0 Å². The van der Waals surface area contributed by atoms with Crippen LogP contribution in [0.25, 0.3) is 0 Å². The molecule has 0 radical (unpaired) electrons. The maximum absolute atomic E-state index is 5.52. The SMILES string of the molecule is CCC1(CCCN)CCCC1. The van der Waals surface area contributed by atoms with E-state index in [0.29, 0.717) is 5.41 Å². The van der Waals surface area contributed by atoms with Gasteiger partial charge in [0.2, 0.25) is 0 Å². The number of rotatable bonds is 4. The fourth-order valence-electron chi connectivity index (χ4n) is 2.38. The Bertz CT molecular complexity index is 103. The summed E-state index contributed by atoms with van der Waals surface area (Å²) < 4.78 is 0. The molecule has 1 heteroatoms. The minimum absolute atomic E-state index is 0.708. The van der Waals surface area contributed by atoms with Crippen molar-refractivity contribution < 1.29 is 0 Å². The maximum atomic E-state index is 5.52. The molecule has 1 aliphatic carbocycles. The Balaban J connectivity index is 2.33. The van der Waals surface area contributed by atoms with E-state index in [1.165, 1.54) is 44.9 Å². The molecule has 0 aromatic heterocycles. The van der Waals surface area contributed by atoms with Crippen molar-refractivity contribution >= 4 is 0 Å². The molecule has 0 aliphatic heterocycles. The Morgan fingerprint density at radius 2 is 1.91 bits per heavy atom. The van der Waals surface area contributed by atoms with Crippen LogP contribution in [0.3, 0.4) is 0 Å². The van der Waals surface area contributed by atoms with Crippen molar-refractivity contribution in [3.8, 4) is 0 Å². The number of hydrogen-bond acceptors (Lipinski definition) is 1. The molecule has 2 N–H and O–H groups in total. The highest BCUT2D eigenvalue weighted by Crippen LogP contribution is 2.44. The lowest BCUT2D eigenvalue weighted by Gasteiger charge is -2.26. The van der Waals surface area contributed by atoms with Gasteiger partial charge in [0, 0.05) is 0 Å². The lowest BCUT2D eigenvalue weighted by molar-refractivity contribution is 0.255. The summed E-state index contributed by atoms with van der Waals surface area (Å²) >= 11 is 0. The highest BCUT2D eigenvalue weighted by Gasteiger charge is 2.30. The molecule has 0 amide bonds. The van der Waals surface area contributed by atoms with Crippen LogP contribution >= 0.6 is 0 Å². The molecule has 1 fully saturated rings. The van der Waals surface area contributed by atoms with Crippen molar-refractivity contribution in [2.24, 2.45) is 11.1 Å². The second kappa shape index (κ2) is 4.10. The van der Waals surface area contributed by atoms with E-state index in [-0.39, 0.29) is 0 Å². The molecule has 66 valence electrons. The molecule has 0 bridgehead atoms. The van der Waals surface area contributed by atoms with E-state index in [4.69, 9.17) is 5.73 Å². The van der Waals surface area contributed by atoms with Crippen molar-refractivity contribution in [2.75, 3.05) is 6.54 Å². The first kappa shape index (κ1) is 9.05. The predicted octanol–water partition coefficient (Wildman–Crippen LogP) is 2.70. The summed E-state index contributed by atoms with van der Waals surface area (Å²) in [6.07, 6.45) is 9.81. The Hall–Kier alpha value is -0.0400. The van der Waals surface area contributed by atoms with E-state index in [9.17, 15) is 0 Å². The first-order valence-corrected chi connectivity index (χ1v) is 5.03. The van der Waals surface area contributed by atoms with E-state index in [1.807, 2.05) is 0 Å². The molecule has 1 saturated carbocycles. The lowest BCUT2D eigenvalue weighted by atomic mass is 9.79. The van der Waals surface area contributed by atoms with Gasteiger partial charge >= 0.3 is 0 Å². The Morgan fingerprint density at radius 3 is 2.36 bits per heavy atom. The summed E-state index contributed by atoms with van der Waals surface area (Å²) in [4.78, 5) is 0. The first-order chi connectivity index (χ1) is 5.33. The van der Waals surface area contributed by atoms with Crippen LogP contribution in [0, 0.1) is 5.41 Å². The van der Waals surface area contributed by atoms with Crippen LogP contribution < -0.4 is 5.73 Å². The highest BCUT2D eigenvalue weighted by atomic mass is 14.5. The fourth-order valence-corrected chi connectivity index (χ4v) is 2.38. The quantitative estimate of drug-likeness (QED) is 0.663. The fraction of sp³-hybridized carbons (Fsp3) is 1.00. The summed E-state index contributed by atoms with van der Waals surface area (Å²) in [6, 6.07) is 0. The van der Waals surface area contributed by atoms with Crippen LogP contribution in [-0.2, 0) is 0 Å². The van der Waals surface area contributed by atoms with Gasteiger partial charge in [-0.25, -0.2) is 0 Å². The van der Waals surface area contributed by atoms with Gasteiger partial charge < -0.3 is 5.73 Å². The zero-order chi connectivity index (χ0) is 8.16. The van der Waals surface area contributed by atoms with Crippen LogP contribution in [0.4, 0.5) is 0 Å². The zero-order valence-corrected chi connectivity index (χ0v) is 7.73. The average Bonchev–Trinajstić information content (AvgIpc) is 2.50. The van der Waals surface area contributed by atoms with Crippen molar-refractivity contribution in [1.82, 2.24) is 0 Å². The van der Waals surface area contributed by atoms with Gasteiger partial charge in [0.15, 0.2) is 0 Å². The van der Waals surface area contributed by atoms with Crippen LogP contribution in [0.5, 0.6) is 0 Å². The maximum Gasteiger partial charge on any atom is -0.00771 e. The molecule has 0 atom stereocenters. The van der Waals surface area contributed by atoms with Crippen molar-refractivity contribution in [3.05, 3.63) is 0 Å². The molecule has 0 unspecified atom stereocenters. The second-order valence-electron chi connectivity index (χ2n) is 3.95. The van der Waals surface area contributed by atoms with Gasteiger partial charge in [-0.1, -0.05) is 26.2 Å². The molecule has 1 nitrogen and oxygen atoms in total. The summed E-state index contributed by atoms with van der Waals surface area (Å²) in [5.41, 5.74) is 6.23. The average molecular weight is 155 g/mol. The summed E-state index contributed by atoms with van der Waals surface area (Å²) in [6.45, 7) is 3.21. The topological polar surface area (TPSA) is 26.0 Å². The molecule has 0 saturated heterocycles. The molecule has 0 aromatic rings. The van der Waals surface area contributed by atoms with Crippen LogP contribution in [0.2, 0.25) is 0 Å². The molecule has 11 heavy (non-hydrogen) atoms. The normalized spacial score (nSPS) is 22.4. The lowest BCUT2D eigenvalue weighted by Crippen LogP contribution is -2.16. The smallest absolute Gasteiger partial charge is 0.00771 e. The largest absolute Gasteiger partial charge is 0.330 e. The minimum atomic E-state index is 0.708. The molecule has 0 aromatic carbocycles. The van der Waals surface area contributed by atoms with Crippen LogP contribution in [0.1, 0.15) is 51.9 Å². The molecule has 1 rings (SSSR count). The Morgan fingerprint density at radius 1 is 1.27 bits per heavy atom. The van der Waals surface area contributed by atoms with Gasteiger partial charge in [-0.3, -0.25) is 0 Å². The summed E-state index contributed by atoms with van der Waals surface area (Å²) in [5.74, 6) is 0. The van der Waals surface area contributed by atoms with E-state index in [1.54, 1.807) is 0 Å². The predicted molar refractivity (Wildman–Crippen MR) is 49.5 cm³/mol. The van der Waals surface area contributed by atoms with Crippen molar-refractivity contribution in [1.29, 1.82) is 0 Å². The monoisotopic (exact) mass is 155 g/mol. The third-order valence-corrected chi connectivity index (χ3v) is 3.33. The zero-order valence-electron chi connectivity index (χ0n) is 7.73. The van der Waals surface area contributed by atoms with Gasteiger partial charge in [-0.05, 0) is 37.6 Å². The van der Waals surface area contributed by atoms with Crippen LogP contribution in [-0.4, -0.2) is 6.54 Å². The molecular formula is C10H21N. The van der Waals surface area contributed by atoms with Gasteiger partial charge in [0.25, 0.3) is 0 Å². The highest BCUT2D eigenvalue weighted by molar-refractivity contribution is 4.83. The third kappa shape index (κ3) is 2.19. The van der Waals surface area contributed by atoms with Gasteiger partial charge in [-0.2, -0.15) is 0 Å². The summed E-state index contributed by atoms with van der Waals surface area (Å²) in [7, 11) is 0. The number of hydrogen-bond donors (Lipinski definition) is 1. The molecular weight excluding hydrogens is 134 g/mol. The Labute approximate surface area is 70.4 Å². The molecule has 0 spiro atoms. The molecule has 1 aliphatic rings. The van der Waals surface area contributed by atoms with Crippen molar-refractivity contribution in [2.45, 2.75) is 51.9 Å². The number of nitrogens with two attached hydrogens (primary N) is 1. The second-order valence-corrected chi connectivity index (χ2v) is 3.95. The van der Waals surface area contributed by atoms with Gasteiger partial charge in [-0.15, -0.1) is 0 Å². The standard InChI is InChI=1S/C10H21N/c1-2-10(8-5-9-11)6-3-4-7-10/h2-9,11H2,1H3. The van der Waals surface area contributed by atoms with E-state index in [0.717, 1.165) is 6.54 Å². The minimum Gasteiger partial charge on any atom is -0.330 e. The molecule has 0 heterocycles. The van der Waals surface area contributed by atoms with Crippen LogP contribution in [0.15, 0.2) is 0 Å². The summed E-state index contributed by atoms with van der Waals surface area (Å²) in [5, 5.41) is 0. The van der Waals surface area contributed by atoms with E-state index < -0.39 is 0 Å². The Kier molecular flexibility index (Phi) is 3.38. The van der Waals surface area contributed by atoms with E-state index in [2.05, 4.69) is 6.92 Å².